The summed E-state index contributed by atoms with van der Waals surface area (Å²) >= 11 is 0. The van der Waals surface area contributed by atoms with Gasteiger partial charge in [-0.1, -0.05) is 12.1 Å². The van der Waals surface area contributed by atoms with Gasteiger partial charge in [0.05, 0.1) is 11.7 Å². The molecular weight excluding hydrogens is 398 g/mol. The lowest BCUT2D eigenvalue weighted by Gasteiger charge is -2.34. The molecule has 4 rings (SSSR count). The van der Waals surface area contributed by atoms with Gasteiger partial charge in [-0.15, -0.1) is 0 Å². The largest absolute Gasteiger partial charge is 0.506 e. The van der Waals surface area contributed by atoms with E-state index in [1.165, 1.54) is 0 Å². The molecule has 0 saturated carbocycles. The number of carbonyl (C=O) groups is 2. The molecule has 2 aliphatic rings. The number of hydrogen-bond donors (Lipinski definition) is 3. The number of phenols is 1. The zero-order valence-electron chi connectivity index (χ0n) is 17.5. The molecule has 31 heavy (non-hydrogen) atoms. The van der Waals surface area contributed by atoms with Gasteiger partial charge < -0.3 is 25.2 Å². The van der Waals surface area contributed by atoms with Crippen LogP contribution in [0.5, 0.6) is 17.2 Å². The van der Waals surface area contributed by atoms with Gasteiger partial charge in [-0.3, -0.25) is 14.5 Å². The zero-order chi connectivity index (χ0) is 21.8. The summed E-state index contributed by atoms with van der Waals surface area (Å²) in [6.07, 6.45) is 1.31. The summed E-state index contributed by atoms with van der Waals surface area (Å²) in [5.74, 6) is 1.01. The number of phenolic OH excluding ortho intramolecular Hbond substituents is 1. The molecule has 2 aliphatic heterocycles. The number of carbonyl (C=O) groups excluding carboxylic acids is 2. The number of ether oxygens (including phenoxy) is 2. The average Bonchev–Trinajstić information content (AvgIpc) is 2.80. The van der Waals surface area contributed by atoms with Crippen molar-refractivity contribution in [2.24, 2.45) is 5.92 Å². The molecule has 0 aromatic heterocycles. The number of nitrogens with one attached hydrogen (secondary N) is 2. The van der Waals surface area contributed by atoms with E-state index in [0.29, 0.717) is 62.0 Å². The van der Waals surface area contributed by atoms with Crippen LogP contribution in [0.15, 0.2) is 42.5 Å². The molecule has 0 bridgehead atoms. The summed E-state index contributed by atoms with van der Waals surface area (Å²) in [6, 6.07) is 11.7. The SMILES string of the molecule is C[C@@H](C(=O)Nc1ccc2c(c1)OCCO2)N1CCC(C(=O)Nc2ccccc2O)CC1. The van der Waals surface area contributed by atoms with Crippen LogP contribution in [0.1, 0.15) is 19.8 Å². The number of benzene rings is 2. The molecule has 0 unspecified atom stereocenters. The number of amides is 2. The molecule has 0 aliphatic carbocycles. The number of hydrogen-bond acceptors (Lipinski definition) is 6. The van der Waals surface area contributed by atoms with E-state index in [2.05, 4.69) is 15.5 Å². The Morgan fingerprint density at radius 3 is 2.48 bits per heavy atom. The Morgan fingerprint density at radius 1 is 1.03 bits per heavy atom. The first-order valence-electron chi connectivity index (χ1n) is 10.5. The van der Waals surface area contributed by atoms with Crippen LogP contribution < -0.4 is 20.1 Å². The number of aromatic hydroxyl groups is 1. The fourth-order valence-electron chi connectivity index (χ4n) is 3.90. The van der Waals surface area contributed by atoms with Gasteiger partial charge in [0.15, 0.2) is 11.5 Å². The van der Waals surface area contributed by atoms with Crippen LogP contribution in [-0.2, 0) is 9.59 Å². The minimum absolute atomic E-state index is 0.0534. The summed E-state index contributed by atoms with van der Waals surface area (Å²) in [6.45, 7) is 4.18. The van der Waals surface area contributed by atoms with Crippen molar-refractivity contribution in [1.29, 1.82) is 0 Å². The van der Waals surface area contributed by atoms with E-state index in [0.717, 1.165) is 0 Å². The molecule has 2 aromatic rings. The van der Waals surface area contributed by atoms with Gasteiger partial charge in [0.1, 0.15) is 19.0 Å². The molecule has 0 radical (unpaired) electrons. The monoisotopic (exact) mass is 425 g/mol. The minimum atomic E-state index is -0.324. The summed E-state index contributed by atoms with van der Waals surface area (Å²) < 4.78 is 11.1. The number of anilines is 2. The van der Waals surface area contributed by atoms with E-state index in [-0.39, 0.29) is 29.5 Å². The van der Waals surface area contributed by atoms with Crippen molar-refractivity contribution >= 4 is 23.2 Å². The Morgan fingerprint density at radius 2 is 1.74 bits per heavy atom. The lowest BCUT2D eigenvalue weighted by atomic mass is 9.94. The van der Waals surface area contributed by atoms with Gasteiger partial charge in [0, 0.05) is 17.7 Å². The van der Waals surface area contributed by atoms with Crippen molar-refractivity contribution in [2.75, 3.05) is 36.9 Å². The van der Waals surface area contributed by atoms with Crippen LogP contribution in [-0.4, -0.2) is 54.2 Å². The van der Waals surface area contributed by atoms with Crippen molar-refractivity contribution in [1.82, 2.24) is 4.90 Å². The third-order valence-electron chi connectivity index (χ3n) is 5.80. The van der Waals surface area contributed by atoms with E-state index < -0.39 is 0 Å². The van der Waals surface area contributed by atoms with Crippen molar-refractivity contribution < 1.29 is 24.2 Å². The molecule has 2 heterocycles. The van der Waals surface area contributed by atoms with Gasteiger partial charge in [0.2, 0.25) is 11.8 Å². The zero-order valence-corrected chi connectivity index (χ0v) is 17.5. The molecule has 3 N–H and O–H groups in total. The average molecular weight is 425 g/mol. The first kappa shape index (κ1) is 21.0. The minimum Gasteiger partial charge on any atom is -0.506 e. The van der Waals surface area contributed by atoms with E-state index in [4.69, 9.17) is 9.47 Å². The Labute approximate surface area is 181 Å². The summed E-state index contributed by atoms with van der Waals surface area (Å²) in [4.78, 5) is 27.4. The third kappa shape index (κ3) is 4.91. The maximum absolute atomic E-state index is 12.7. The summed E-state index contributed by atoms with van der Waals surface area (Å²) in [5.41, 5.74) is 1.08. The molecule has 2 aromatic carbocycles. The maximum atomic E-state index is 12.7. The summed E-state index contributed by atoms with van der Waals surface area (Å²) in [7, 11) is 0. The van der Waals surface area contributed by atoms with Crippen molar-refractivity contribution in [3.63, 3.8) is 0 Å². The van der Waals surface area contributed by atoms with Crippen molar-refractivity contribution in [3.05, 3.63) is 42.5 Å². The van der Waals surface area contributed by atoms with E-state index in [1.54, 1.807) is 42.5 Å². The second kappa shape index (κ2) is 9.26. The number of nitrogens with zero attached hydrogens (tertiary/aromatic N) is 1. The highest BCUT2D eigenvalue weighted by Crippen LogP contribution is 2.33. The standard InChI is InChI=1S/C23H27N3O5/c1-15(22(28)24-17-6-7-20-21(14-17)31-13-12-30-20)26-10-8-16(9-11-26)23(29)25-18-4-2-3-5-19(18)27/h2-7,14-16,27H,8-13H2,1H3,(H,24,28)(H,25,29)/t15-/m0/s1. The second-order valence-corrected chi connectivity index (χ2v) is 7.84. The molecule has 2 amide bonds. The molecule has 1 saturated heterocycles. The number of piperidine rings is 1. The first-order chi connectivity index (χ1) is 15.0. The first-order valence-corrected chi connectivity index (χ1v) is 10.5. The highest BCUT2D eigenvalue weighted by molar-refractivity contribution is 5.95. The highest BCUT2D eigenvalue weighted by atomic mass is 16.6. The normalized spacial score (nSPS) is 17.6. The van der Waals surface area contributed by atoms with Crippen LogP contribution in [0, 0.1) is 5.92 Å². The molecule has 164 valence electrons. The Bertz CT molecular complexity index is 956. The molecule has 0 spiro atoms. The van der Waals surface area contributed by atoms with Crippen LogP contribution >= 0.6 is 0 Å². The predicted molar refractivity (Wildman–Crippen MR) is 117 cm³/mol. The molecule has 1 atom stereocenters. The fraction of sp³-hybridized carbons (Fsp3) is 0.391. The van der Waals surface area contributed by atoms with Gasteiger partial charge in [0.25, 0.3) is 0 Å². The predicted octanol–water partition coefficient (Wildman–Crippen LogP) is 2.84. The van der Waals surface area contributed by atoms with Gasteiger partial charge >= 0.3 is 0 Å². The van der Waals surface area contributed by atoms with E-state index >= 15 is 0 Å². The number of likely N-dealkylation sites (tertiary alicyclic amines) is 1. The maximum Gasteiger partial charge on any atom is 0.241 e. The lowest BCUT2D eigenvalue weighted by Crippen LogP contribution is -2.47. The fourth-order valence-corrected chi connectivity index (χ4v) is 3.90. The Balaban J connectivity index is 1.28. The van der Waals surface area contributed by atoms with Gasteiger partial charge in [-0.05, 0) is 57.1 Å². The van der Waals surface area contributed by atoms with E-state index in [9.17, 15) is 14.7 Å². The molecular formula is C23H27N3O5. The quantitative estimate of drug-likeness (QED) is 0.637. The molecule has 8 nitrogen and oxygen atoms in total. The number of rotatable bonds is 5. The van der Waals surface area contributed by atoms with E-state index in [1.807, 2.05) is 6.92 Å². The van der Waals surface area contributed by atoms with Crippen LogP contribution in [0.2, 0.25) is 0 Å². The van der Waals surface area contributed by atoms with Crippen LogP contribution in [0.25, 0.3) is 0 Å². The van der Waals surface area contributed by atoms with Crippen LogP contribution in [0.3, 0.4) is 0 Å². The van der Waals surface area contributed by atoms with Crippen molar-refractivity contribution in [2.45, 2.75) is 25.8 Å². The molecule has 1 fully saturated rings. The number of para-hydroxylation sites is 2. The lowest BCUT2D eigenvalue weighted by molar-refractivity contribution is -0.123. The van der Waals surface area contributed by atoms with Crippen molar-refractivity contribution in [3.8, 4) is 17.2 Å². The number of fused-ring (bicyclic) bond motifs is 1. The van der Waals surface area contributed by atoms with Crippen LogP contribution in [0.4, 0.5) is 11.4 Å². The van der Waals surface area contributed by atoms with Gasteiger partial charge in [-0.2, -0.15) is 0 Å². The summed E-state index contributed by atoms with van der Waals surface area (Å²) in [5, 5.41) is 15.6. The third-order valence-corrected chi connectivity index (χ3v) is 5.80. The second-order valence-electron chi connectivity index (χ2n) is 7.84. The topological polar surface area (TPSA) is 100 Å². The van der Waals surface area contributed by atoms with Gasteiger partial charge in [-0.25, -0.2) is 0 Å². The smallest absolute Gasteiger partial charge is 0.241 e. The Hall–Kier alpha value is -3.26. The molecule has 8 heteroatoms. The Kier molecular flexibility index (Phi) is 6.27. The highest BCUT2D eigenvalue weighted by Gasteiger charge is 2.30.